The standard InChI is InChI=1S/C26H26ClFN4O2/c1-15-4-3-9-30-24(15)20-10-18(6-8-21(20)27)23(13-33)32-14-31-25(26(32)34)19-7-5-17(11-22(19)28)16(2)12-29/h3-12,23,25,31,33H,13-14,29H2,1-2H3/b16-12+/t23-,25-/m1/s1. The number of hydrogen-bond donors (Lipinski definition) is 3. The van der Waals surface area contributed by atoms with E-state index in [1.54, 1.807) is 37.4 Å². The van der Waals surface area contributed by atoms with Crippen LogP contribution >= 0.6 is 11.6 Å². The summed E-state index contributed by atoms with van der Waals surface area (Å²) < 4.78 is 14.9. The van der Waals surface area contributed by atoms with E-state index in [1.807, 2.05) is 25.1 Å². The summed E-state index contributed by atoms with van der Waals surface area (Å²) in [5, 5.41) is 13.8. The third-order valence-electron chi connectivity index (χ3n) is 6.20. The van der Waals surface area contributed by atoms with Gasteiger partial charge in [0.25, 0.3) is 0 Å². The Morgan fingerprint density at radius 2 is 2.15 bits per heavy atom. The molecular formula is C26H26ClFN4O2. The Balaban J connectivity index is 1.63. The summed E-state index contributed by atoms with van der Waals surface area (Å²) >= 11 is 6.46. The predicted octanol–water partition coefficient (Wildman–Crippen LogP) is 4.33. The molecule has 0 spiro atoms. The number of nitrogens with zero attached hydrogens (tertiary/aromatic N) is 2. The van der Waals surface area contributed by atoms with Crippen molar-refractivity contribution in [3.63, 3.8) is 0 Å². The van der Waals surface area contributed by atoms with Crippen molar-refractivity contribution in [1.82, 2.24) is 15.2 Å². The Morgan fingerprint density at radius 3 is 2.82 bits per heavy atom. The molecule has 0 bridgehead atoms. The number of aliphatic hydroxyl groups is 1. The Kier molecular flexibility index (Phi) is 6.97. The Labute approximate surface area is 202 Å². The van der Waals surface area contributed by atoms with Crippen LogP contribution in [0.4, 0.5) is 4.39 Å². The molecule has 4 rings (SSSR count). The molecule has 3 aromatic rings. The third kappa shape index (κ3) is 4.42. The summed E-state index contributed by atoms with van der Waals surface area (Å²) in [6.07, 6.45) is 3.10. The summed E-state index contributed by atoms with van der Waals surface area (Å²) in [5.41, 5.74) is 10.3. The normalized spacial score (nSPS) is 17.3. The number of allylic oxidation sites excluding steroid dienone is 1. The maximum atomic E-state index is 14.9. The van der Waals surface area contributed by atoms with Crippen molar-refractivity contribution in [3.8, 4) is 11.3 Å². The van der Waals surface area contributed by atoms with Gasteiger partial charge in [0, 0.05) is 22.3 Å². The minimum atomic E-state index is -0.852. The van der Waals surface area contributed by atoms with Crippen LogP contribution in [0.25, 0.3) is 16.8 Å². The Hall–Kier alpha value is -3.26. The number of aromatic nitrogens is 1. The molecule has 6 nitrogen and oxygen atoms in total. The van der Waals surface area contributed by atoms with Gasteiger partial charge in [0.05, 0.1) is 25.0 Å². The van der Waals surface area contributed by atoms with Gasteiger partial charge in [-0.2, -0.15) is 0 Å². The van der Waals surface area contributed by atoms with Crippen LogP contribution in [0.1, 0.15) is 41.3 Å². The van der Waals surface area contributed by atoms with Crippen molar-refractivity contribution in [3.05, 3.63) is 94.0 Å². The number of carbonyl (C=O) groups is 1. The zero-order valence-corrected chi connectivity index (χ0v) is 19.7. The van der Waals surface area contributed by atoms with Gasteiger partial charge in [-0.05, 0) is 66.6 Å². The molecule has 0 radical (unpaired) electrons. The number of aryl methyl sites for hydroxylation is 1. The lowest BCUT2D eigenvalue weighted by atomic mass is 9.98. The number of carbonyl (C=O) groups excluding carboxylic acids is 1. The maximum absolute atomic E-state index is 14.9. The molecule has 0 unspecified atom stereocenters. The van der Waals surface area contributed by atoms with E-state index < -0.39 is 17.9 Å². The van der Waals surface area contributed by atoms with E-state index in [9.17, 15) is 14.3 Å². The van der Waals surface area contributed by atoms with Gasteiger partial charge in [-0.3, -0.25) is 15.1 Å². The number of nitrogens with one attached hydrogen (secondary N) is 1. The average molecular weight is 481 g/mol. The zero-order valence-electron chi connectivity index (χ0n) is 18.9. The van der Waals surface area contributed by atoms with Crippen LogP contribution in [-0.2, 0) is 4.79 Å². The first-order valence-corrected chi connectivity index (χ1v) is 11.3. The summed E-state index contributed by atoms with van der Waals surface area (Å²) in [7, 11) is 0. The molecule has 2 aromatic carbocycles. The lowest BCUT2D eigenvalue weighted by Gasteiger charge is -2.27. The fourth-order valence-electron chi connectivity index (χ4n) is 4.21. The van der Waals surface area contributed by atoms with Gasteiger partial charge in [0.2, 0.25) is 5.91 Å². The highest BCUT2D eigenvalue weighted by Crippen LogP contribution is 2.35. The van der Waals surface area contributed by atoms with Crippen LogP contribution < -0.4 is 11.1 Å². The molecule has 1 fully saturated rings. The van der Waals surface area contributed by atoms with Gasteiger partial charge >= 0.3 is 0 Å². The number of aliphatic hydroxyl groups excluding tert-OH is 1. The molecule has 1 amide bonds. The number of nitrogens with two attached hydrogens (primary N) is 1. The van der Waals surface area contributed by atoms with E-state index in [2.05, 4.69) is 10.3 Å². The van der Waals surface area contributed by atoms with Crippen molar-refractivity contribution in [2.45, 2.75) is 25.9 Å². The summed E-state index contributed by atoms with van der Waals surface area (Å²) in [6, 6.07) is 12.4. The molecule has 34 heavy (non-hydrogen) atoms. The fourth-order valence-corrected chi connectivity index (χ4v) is 4.42. The first-order valence-electron chi connectivity index (χ1n) is 10.9. The van der Waals surface area contributed by atoms with Gasteiger partial charge < -0.3 is 15.7 Å². The second-order valence-electron chi connectivity index (χ2n) is 8.30. The van der Waals surface area contributed by atoms with Crippen LogP contribution in [0.3, 0.4) is 0 Å². The van der Waals surface area contributed by atoms with Crippen LogP contribution in [0.5, 0.6) is 0 Å². The SMILES string of the molecule is C/C(=C\N)c1ccc([C@H]2NCN([C@H](CO)c3ccc(Cl)c(-c4ncccc4C)c3)C2=O)c(F)c1. The van der Waals surface area contributed by atoms with Crippen molar-refractivity contribution in [2.75, 3.05) is 13.3 Å². The molecule has 0 saturated carbocycles. The number of pyridine rings is 1. The molecule has 8 heteroatoms. The van der Waals surface area contributed by atoms with Crippen molar-refractivity contribution < 1.29 is 14.3 Å². The highest BCUT2D eigenvalue weighted by molar-refractivity contribution is 6.33. The number of halogens is 2. The largest absolute Gasteiger partial charge is 0.404 e. The van der Waals surface area contributed by atoms with Crippen LogP contribution in [-0.4, -0.2) is 34.2 Å². The molecule has 1 aliphatic rings. The number of rotatable bonds is 6. The zero-order chi connectivity index (χ0) is 24.4. The molecule has 1 aromatic heterocycles. The lowest BCUT2D eigenvalue weighted by Crippen LogP contribution is -2.33. The smallest absolute Gasteiger partial charge is 0.246 e. The van der Waals surface area contributed by atoms with E-state index in [1.165, 1.54) is 17.2 Å². The first-order chi connectivity index (χ1) is 16.3. The van der Waals surface area contributed by atoms with Crippen molar-refractivity contribution in [1.29, 1.82) is 0 Å². The number of hydrogen-bond acceptors (Lipinski definition) is 5. The molecule has 0 aliphatic carbocycles. The first kappa shape index (κ1) is 23.9. The van der Waals surface area contributed by atoms with Crippen molar-refractivity contribution in [2.24, 2.45) is 5.73 Å². The highest BCUT2D eigenvalue weighted by atomic mass is 35.5. The fraction of sp³-hybridized carbons (Fsp3) is 0.231. The molecule has 1 aliphatic heterocycles. The second-order valence-corrected chi connectivity index (χ2v) is 8.70. The van der Waals surface area contributed by atoms with E-state index in [-0.39, 0.29) is 24.7 Å². The molecule has 2 heterocycles. The quantitative estimate of drug-likeness (QED) is 0.488. The minimum Gasteiger partial charge on any atom is -0.404 e. The molecular weight excluding hydrogens is 455 g/mol. The third-order valence-corrected chi connectivity index (χ3v) is 6.53. The van der Waals surface area contributed by atoms with Gasteiger partial charge in [-0.15, -0.1) is 0 Å². The maximum Gasteiger partial charge on any atom is 0.246 e. The van der Waals surface area contributed by atoms with Gasteiger partial charge in [-0.25, -0.2) is 4.39 Å². The lowest BCUT2D eigenvalue weighted by molar-refractivity contribution is -0.132. The average Bonchev–Trinajstić information content (AvgIpc) is 3.21. The highest BCUT2D eigenvalue weighted by Gasteiger charge is 2.38. The molecule has 1 saturated heterocycles. The van der Waals surface area contributed by atoms with Gasteiger partial charge in [0.1, 0.15) is 11.9 Å². The number of benzene rings is 2. The Bertz CT molecular complexity index is 1260. The van der Waals surface area contributed by atoms with E-state index >= 15 is 0 Å². The molecule has 2 atom stereocenters. The van der Waals surface area contributed by atoms with E-state index in [4.69, 9.17) is 17.3 Å². The topological polar surface area (TPSA) is 91.5 Å². The second kappa shape index (κ2) is 9.93. The molecule has 176 valence electrons. The Morgan fingerprint density at radius 1 is 1.35 bits per heavy atom. The van der Waals surface area contributed by atoms with Gasteiger partial charge in [-0.1, -0.05) is 35.9 Å². The van der Waals surface area contributed by atoms with E-state index in [0.717, 1.165) is 22.4 Å². The molecule has 4 N–H and O–H groups in total. The monoisotopic (exact) mass is 480 g/mol. The van der Waals surface area contributed by atoms with Crippen LogP contribution in [0, 0.1) is 12.7 Å². The van der Waals surface area contributed by atoms with Crippen LogP contribution in [0.2, 0.25) is 5.02 Å². The van der Waals surface area contributed by atoms with Crippen LogP contribution in [0.15, 0.2) is 60.9 Å². The van der Waals surface area contributed by atoms with E-state index in [0.29, 0.717) is 16.1 Å². The summed E-state index contributed by atoms with van der Waals surface area (Å²) in [4.78, 5) is 19.3. The summed E-state index contributed by atoms with van der Waals surface area (Å²) in [5.74, 6) is -0.811. The minimum absolute atomic E-state index is 0.165. The predicted molar refractivity (Wildman–Crippen MR) is 131 cm³/mol. The van der Waals surface area contributed by atoms with Gasteiger partial charge in [0.15, 0.2) is 0 Å². The van der Waals surface area contributed by atoms with Crippen molar-refractivity contribution >= 4 is 23.1 Å². The summed E-state index contributed by atoms with van der Waals surface area (Å²) in [6.45, 7) is 3.59. The number of amides is 1.